The van der Waals surface area contributed by atoms with Crippen molar-refractivity contribution >= 4 is 22.4 Å². The minimum Gasteiger partial charge on any atom is -0.375 e. The van der Waals surface area contributed by atoms with Crippen LogP contribution in [0.3, 0.4) is 0 Å². The number of para-hydroxylation sites is 1. The number of amides is 1. The van der Waals surface area contributed by atoms with Crippen molar-refractivity contribution in [3.8, 4) is 0 Å². The molecule has 5 nitrogen and oxygen atoms in total. The second-order valence-corrected chi connectivity index (χ2v) is 10.4. The Morgan fingerprint density at radius 1 is 1.06 bits per heavy atom. The van der Waals surface area contributed by atoms with Gasteiger partial charge >= 0.3 is 0 Å². The smallest absolute Gasteiger partial charge is 0.263 e. The van der Waals surface area contributed by atoms with Crippen LogP contribution in [0.4, 0.5) is 5.69 Å². The first-order chi connectivity index (χ1) is 16.5. The molecule has 2 aliphatic heterocycles. The second kappa shape index (κ2) is 8.19. The van der Waals surface area contributed by atoms with E-state index in [1.807, 2.05) is 36.1 Å². The highest BCUT2D eigenvalue weighted by Gasteiger charge is 2.52. The van der Waals surface area contributed by atoms with Crippen molar-refractivity contribution in [3.63, 3.8) is 0 Å². The van der Waals surface area contributed by atoms with Crippen LogP contribution in [0, 0.1) is 5.92 Å². The van der Waals surface area contributed by atoms with Crippen LogP contribution in [0.1, 0.15) is 48.9 Å². The molecular formula is C29H33N3O2. The van der Waals surface area contributed by atoms with Crippen molar-refractivity contribution in [1.82, 2.24) is 4.90 Å². The number of fused-ring (bicyclic) bond motifs is 1. The maximum atomic E-state index is 13.7. The highest BCUT2D eigenvalue weighted by Crippen LogP contribution is 2.47. The number of nitrogens with two attached hydrogens (primary N) is 1. The van der Waals surface area contributed by atoms with Crippen LogP contribution in [0.25, 0.3) is 10.8 Å². The van der Waals surface area contributed by atoms with Crippen LogP contribution in [0.15, 0.2) is 60.7 Å². The summed E-state index contributed by atoms with van der Waals surface area (Å²) >= 11 is 0. The van der Waals surface area contributed by atoms with Crippen LogP contribution >= 0.6 is 0 Å². The fourth-order valence-electron chi connectivity index (χ4n) is 6.60. The molecule has 1 amide bonds. The molecular weight excluding hydrogens is 422 g/mol. The molecule has 1 aliphatic carbocycles. The lowest BCUT2D eigenvalue weighted by molar-refractivity contribution is -0.138. The molecule has 3 atom stereocenters. The van der Waals surface area contributed by atoms with Crippen molar-refractivity contribution in [3.05, 3.63) is 77.4 Å². The number of piperidine rings is 1. The SMILES string of the molecule is CC(CN)CC1(O)C(=O)N(C2CCN(C3Cc4cccc5cccc3c45)CC2)c2ccccc21. The average Bonchev–Trinajstić information content (AvgIpc) is 3.34. The molecule has 0 aromatic heterocycles. The molecule has 6 rings (SSSR count). The maximum absolute atomic E-state index is 13.7. The number of anilines is 1. The zero-order valence-electron chi connectivity index (χ0n) is 19.8. The van der Waals surface area contributed by atoms with E-state index in [9.17, 15) is 9.90 Å². The molecule has 3 aromatic carbocycles. The summed E-state index contributed by atoms with van der Waals surface area (Å²) in [5, 5.41) is 14.3. The van der Waals surface area contributed by atoms with E-state index < -0.39 is 5.60 Å². The summed E-state index contributed by atoms with van der Waals surface area (Å²) in [5.74, 6) is -0.110. The average molecular weight is 456 g/mol. The maximum Gasteiger partial charge on any atom is 0.263 e. The van der Waals surface area contributed by atoms with Crippen molar-refractivity contribution in [2.75, 3.05) is 24.5 Å². The van der Waals surface area contributed by atoms with Gasteiger partial charge in [-0.25, -0.2) is 0 Å². The molecule has 34 heavy (non-hydrogen) atoms. The lowest BCUT2D eigenvalue weighted by atomic mass is 9.86. The normalized spacial score (nSPS) is 25.8. The number of hydrogen-bond donors (Lipinski definition) is 2. The quantitative estimate of drug-likeness (QED) is 0.607. The highest BCUT2D eigenvalue weighted by molar-refractivity contribution is 6.07. The Bertz CT molecular complexity index is 1240. The predicted molar refractivity (Wildman–Crippen MR) is 136 cm³/mol. The minimum atomic E-state index is -1.48. The summed E-state index contributed by atoms with van der Waals surface area (Å²) in [6, 6.07) is 21.6. The third-order valence-corrected chi connectivity index (χ3v) is 8.33. The predicted octanol–water partition coefficient (Wildman–Crippen LogP) is 4.12. The van der Waals surface area contributed by atoms with Gasteiger partial charge in [-0.15, -0.1) is 0 Å². The number of hydrogen-bond acceptors (Lipinski definition) is 4. The van der Waals surface area contributed by atoms with Gasteiger partial charge in [-0.2, -0.15) is 0 Å². The highest BCUT2D eigenvalue weighted by atomic mass is 16.3. The molecule has 0 saturated carbocycles. The topological polar surface area (TPSA) is 69.8 Å². The number of nitrogens with zero attached hydrogens (tertiary/aromatic N) is 2. The minimum absolute atomic E-state index is 0.0653. The first-order valence-electron chi connectivity index (χ1n) is 12.6. The number of likely N-dealkylation sites (tertiary alicyclic amines) is 1. The van der Waals surface area contributed by atoms with Crippen LogP contribution in [-0.2, 0) is 16.8 Å². The zero-order chi connectivity index (χ0) is 23.4. The van der Waals surface area contributed by atoms with Gasteiger partial charge in [0.05, 0.1) is 5.69 Å². The van der Waals surface area contributed by atoms with Gasteiger partial charge in [0.15, 0.2) is 5.60 Å². The summed E-state index contributed by atoms with van der Waals surface area (Å²) in [6.45, 7) is 4.34. The standard InChI is InChI=1S/C29H33N3O2/c1-19(18-30)17-29(34)24-10-2-3-11-25(24)32(28(29)33)22-12-14-31(15-13-22)26-16-21-8-4-6-20-7-5-9-23(26)27(20)21/h2-11,19,22,26,34H,12-18,30H2,1H3. The Morgan fingerprint density at radius 2 is 1.79 bits per heavy atom. The fraction of sp³-hybridized carbons (Fsp3) is 0.414. The monoisotopic (exact) mass is 455 g/mol. The largest absolute Gasteiger partial charge is 0.375 e. The molecule has 2 heterocycles. The van der Waals surface area contributed by atoms with Crippen molar-refractivity contribution in [1.29, 1.82) is 0 Å². The van der Waals surface area contributed by atoms with Gasteiger partial charge in [0.25, 0.3) is 5.91 Å². The van der Waals surface area contributed by atoms with E-state index in [-0.39, 0.29) is 17.9 Å². The molecule has 1 fully saturated rings. The molecule has 0 spiro atoms. The van der Waals surface area contributed by atoms with Crippen molar-refractivity contribution in [2.24, 2.45) is 11.7 Å². The Kier molecular flexibility index (Phi) is 5.25. The van der Waals surface area contributed by atoms with E-state index in [1.165, 1.54) is 21.9 Å². The van der Waals surface area contributed by atoms with Crippen molar-refractivity contribution in [2.45, 2.75) is 50.3 Å². The number of benzene rings is 3. The zero-order valence-corrected chi connectivity index (χ0v) is 19.8. The summed E-state index contributed by atoms with van der Waals surface area (Å²) in [6.07, 6.45) is 3.24. The Labute approximate surface area is 201 Å². The van der Waals surface area contributed by atoms with Crippen LogP contribution < -0.4 is 10.6 Å². The molecule has 3 aliphatic rings. The third kappa shape index (κ3) is 3.22. The first-order valence-corrected chi connectivity index (χ1v) is 12.6. The van der Waals surface area contributed by atoms with E-state index in [1.54, 1.807) is 0 Å². The molecule has 176 valence electrons. The number of carbonyl (C=O) groups is 1. The van der Waals surface area contributed by atoms with Gasteiger partial charge in [-0.05, 0) is 66.1 Å². The lowest BCUT2D eigenvalue weighted by Crippen LogP contribution is -2.50. The number of aliphatic hydroxyl groups is 1. The Morgan fingerprint density at radius 3 is 2.56 bits per heavy atom. The molecule has 3 aromatic rings. The molecule has 3 unspecified atom stereocenters. The summed E-state index contributed by atoms with van der Waals surface area (Å²) in [5.41, 5.74) is 8.87. The first kappa shape index (κ1) is 21.8. The Balaban J connectivity index is 1.23. The van der Waals surface area contributed by atoms with Crippen LogP contribution in [-0.4, -0.2) is 41.6 Å². The summed E-state index contributed by atoms with van der Waals surface area (Å²) in [7, 11) is 0. The fourth-order valence-corrected chi connectivity index (χ4v) is 6.60. The van der Waals surface area contributed by atoms with Gasteiger partial charge < -0.3 is 15.7 Å². The van der Waals surface area contributed by atoms with Gasteiger partial charge in [0.2, 0.25) is 0 Å². The van der Waals surface area contributed by atoms with Crippen molar-refractivity contribution < 1.29 is 9.90 Å². The molecule has 1 saturated heterocycles. The van der Waals surface area contributed by atoms with E-state index in [2.05, 4.69) is 41.3 Å². The van der Waals surface area contributed by atoms with Gasteiger partial charge in [0.1, 0.15) is 0 Å². The van der Waals surface area contributed by atoms with Gasteiger partial charge in [-0.3, -0.25) is 9.69 Å². The third-order valence-electron chi connectivity index (χ3n) is 8.33. The Hall–Kier alpha value is -2.73. The van der Waals surface area contributed by atoms with E-state index >= 15 is 0 Å². The molecule has 5 heteroatoms. The lowest BCUT2D eigenvalue weighted by Gasteiger charge is -2.40. The van der Waals surface area contributed by atoms with E-state index in [4.69, 9.17) is 5.73 Å². The molecule has 3 N–H and O–H groups in total. The number of carbonyl (C=O) groups excluding carboxylic acids is 1. The molecule has 0 radical (unpaired) electrons. The number of rotatable bonds is 5. The van der Waals surface area contributed by atoms with Crippen LogP contribution in [0.5, 0.6) is 0 Å². The van der Waals surface area contributed by atoms with E-state index in [0.29, 0.717) is 19.0 Å². The van der Waals surface area contributed by atoms with Crippen LogP contribution in [0.2, 0.25) is 0 Å². The van der Waals surface area contributed by atoms with Gasteiger partial charge in [0, 0.05) is 30.7 Å². The summed E-state index contributed by atoms with van der Waals surface area (Å²) in [4.78, 5) is 18.2. The van der Waals surface area contributed by atoms with E-state index in [0.717, 1.165) is 43.6 Å². The summed E-state index contributed by atoms with van der Waals surface area (Å²) < 4.78 is 0. The van der Waals surface area contributed by atoms with Gasteiger partial charge in [-0.1, -0.05) is 61.5 Å². The molecule has 0 bridgehead atoms. The second-order valence-electron chi connectivity index (χ2n) is 10.4.